The first-order chi connectivity index (χ1) is 9.97. The molecule has 1 heterocycles. The Labute approximate surface area is 124 Å². The number of aryl methyl sites for hydroxylation is 3. The summed E-state index contributed by atoms with van der Waals surface area (Å²) in [5, 5.41) is 22.3. The minimum absolute atomic E-state index is 0.0846. The van der Waals surface area contributed by atoms with Crippen LogP contribution in [-0.4, -0.2) is 9.78 Å². The fourth-order valence-corrected chi connectivity index (χ4v) is 2.38. The molecule has 0 N–H and O–H groups in total. The van der Waals surface area contributed by atoms with Crippen LogP contribution in [0.5, 0.6) is 0 Å². The lowest BCUT2D eigenvalue weighted by molar-refractivity contribution is 0.827. The van der Waals surface area contributed by atoms with Crippen LogP contribution in [0.2, 0.25) is 0 Å². The monoisotopic (exact) mass is 276 g/mol. The smallest absolute Gasteiger partial charge is 0.130 e. The minimum Gasteiger partial charge on any atom is -0.237 e. The van der Waals surface area contributed by atoms with Crippen molar-refractivity contribution in [2.75, 3.05) is 0 Å². The molecule has 0 saturated carbocycles. The van der Waals surface area contributed by atoms with Crippen LogP contribution in [0.4, 0.5) is 0 Å². The molecule has 1 aromatic carbocycles. The summed E-state index contributed by atoms with van der Waals surface area (Å²) in [6, 6.07) is 9.96. The van der Waals surface area contributed by atoms with E-state index in [9.17, 15) is 0 Å². The Kier molecular flexibility index (Phi) is 3.91. The van der Waals surface area contributed by atoms with E-state index in [4.69, 9.17) is 10.5 Å². The van der Waals surface area contributed by atoms with E-state index in [-0.39, 0.29) is 5.57 Å². The van der Waals surface area contributed by atoms with Crippen molar-refractivity contribution >= 4 is 6.08 Å². The van der Waals surface area contributed by atoms with Gasteiger partial charge in [0.05, 0.1) is 11.4 Å². The lowest BCUT2D eigenvalue weighted by Gasteiger charge is -2.09. The molecule has 0 radical (unpaired) electrons. The van der Waals surface area contributed by atoms with Crippen LogP contribution >= 0.6 is 0 Å². The van der Waals surface area contributed by atoms with Crippen molar-refractivity contribution in [3.05, 3.63) is 51.9 Å². The molecule has 4 nitrogen and oxygen atoms in total. The first-order valence-electron chi connectivity index (χ1n) is 6.63. The maximum atomic E-state index is 8.90. The summed E-state index contributed by atoms with van der Waals surface area (Å²) in [6.07, 6.45) is 1.59. The number of allylic oxidation sites excluding steroid dienone is 1. The van der Waals surface area contributed by atoms with E-state index >= 15 is 0 Å². The van der Waals surface area contributed by atoms with Crippen LogP contribution < -0.4 is 0 Å². The number of nitrogens with zero attached hydrogens (tertiary/aromatic N) is 4. The lowest BCUT2D eigenvalue weighted by atomic mass is 10.1. The number of rotatable bonds is 2. The molecule has 0 amide bonds. The first-order valence-corrected chi connectivity index (χ1v) is 6.63. The van der Waals surface area contributed by atoms with Gasteiger partial charge >= 0.3 is 0 Å². The van der Waals surface area contributed by atoms with Crippen LogP contribution in [0.3, 0.4) is 0 Å². The maximum Gasteiger partial charge on any atom is 0.130 e. The number of nitriles is 2. The molecular weight excluding hydrogens is 260 g/mol. The molecule has 0 spiro atoms. The van der Waals surface area contributed by atoms with E-state index < -0.39 is 0 Å². The molecule has 0 unspecified atom stereocenters. The highest BCUT2D eigenvalue weighted by Gasteiger charge is 2.13. The van der Waals surface area contributed by atoms with Gasteiger partial charge in [0.2, 0.25) is 0 Å². The zero-order chi connectivity index (χ0) is 15.6. The van der Waals surface area contributed by atoms with Gasteiger partial charge in [-0.2, -0.15) is 15.6 Å². The summed E-state index contributed by atoms with van der Waals surface area (Å²) in [4.78, 5) is 0. The van der Waals surface area contributed by atoms with Crippen LogP contribution in [-0.2, 0) is 0 Å². The van der Waals surface area contributed by atoms with Gasteiger partial charge in [-0.05, 0) is 45.4 Å². The SMILES string of the molecule is Cc1ccc(-n2nc(C)c(C=C(C#N)C#N)c2C)c(C)c1. The predicted molar refractivity (Wildman–Crippen MR) is 81.7 cm³/mol. The van der Waals surface area contributed by atoms with Crippen molar-refractivity contribution < 1.29 is 0 Å². The van der Waals surface area contributed by atoms with Gasteiger partial charge in [-0.25, -0.2) is 4.68 Å². The topological polar surface area (TPSA) is 65.4 Å². The van der Waals surface area contributed by atoms with Crippen molar-refractivity contribution in [1.29, 1.82) is 10.5 Å². The van der Waals surface area contributed by atoms with Crippen molar-refractivity contribution in [1.82, 2.24) is 9.78 Å². The van der Waals surface area contributed by atoms with Crippen molar-refractivity contribution in [3.63, 3.8) is 0 Å². The normalized spacial score (nSPS) is 9.81. The fourth-order valence-electron chi connectivity index (χ4n) is 2.38. The second-order valence-electron chi connectivity index (χ2n) is 5.07. The molecule has 1 aromatic heterocycles. The molecule has 0 aliphatic carbocycles. The molecule has 0 fully saturated rings. The van der Waals surface area contributed by atoms with Crippen LogP contribution in [0.15, 0.2) is 23.8 Å². The number of hydrogen-bond donors (Lipinski definition) is 0. The molecule has 0 atom stereocenters. The molecule has 2 rings (SSSR count). The summed E-state index contributed by atoms with van der Waals surface area (Å²) in [5.41, 5.74) is 5.98. The average molecular weight is 276 g/mol. The summed E-state index contributed by atoms with van der Waals surface area (Å²) in [7, 11) is 0. The van der Waals surface area contributed by atoms with Gasteiger partial charge in [-0.15, -0.1) is 0 Å². The molecule has 0 saturated heterocycles. The van der Waals surface area contributed by atoms with E-state index in [1.165, 1.54) is 5.56 Å². The van der Waals surface area contributed by atoms with Crippen LogP contribution in [0.25, 0.3) is 11.8 Å². The standard InChI is InChI=1S/C17H16N4/c1-11-5-6-17(12(2)7-11)21-14(4)16(13(3)20-21)8-15(9-18)10-19/h5-8H,1-4H3. The molecule has 0 aliphatic heterocycles. The molecule has 2 aromatic rings. The van der Waals surface area contributed by atoms with Gasteiger partial charge in [0.25, 0.3) is 0 Å². The molecule has 0 aliphatic rings. The van der Waals surface area contributed by atoms with Gasteiger partial charge in [-0.1, -0.05) is 17.7 Å². The Morgan fingerprint density at radius 1 is 1.14 bits per heavy atom. The number of hydrogen-bond acceptors (Lipinski definition) is 3. The number of aromatic nitrogens is 2. The summed E-state index contributed by atoms with van der Waals surface area (Å²) in [6.45, 7) is 7.92. The third-order valence-electron chi connectivity index (χ3n) is 3.46. The highest BCUT2D eigenvalue weighted by molar-refractivity contribution is 5.65. The lowest BCUT2D eigenvalue weighted by Crippen LogP contribution is -2.01. The molecule has 104 valence electrons. The van der Waals surface area contributed by atoms with Gasteiger partial charge < -0.3 is 0 Å². The van der Waals surface area contributed by atoms with Gasteiger partial charge in [-0.3, -0.25) is 0 Å². The summed E-state index contributed by atoms with van der Waals surface area (Å²) < 4.78 is 1.86. The zero-order valence-electron chi connectivity index (χ0n) is 12.6. The summed E-state index contributed by atoms with van der Waals surface area (Å²) >= 11 is 0. The van der Waals surface area contributed by atoms with Crippen LogP contribution in [0.1, 0.15) is 28.1 Å². The van der Waals surface area contributed by atoms with Gasteiger partial charge in [0.15, 0.2) is 0 Å². The van der Waals surface area contributed by atoms with E-state index in [0.717, 1.165) is 28.2 Å². The average Bonchev–Trinajstić information content (AvgIpc) is 2.72. The van der Waals surface area contributed by atoms with E-state index in [2.05, 4.69) is 18.1 Å². The van der Waals surface area contributed by atoms with Crippen molar-refractivity contribution in [3.8, 4) is 17.8 Å². The fraction of sp³-hybridized carbons (Fsp3) is 0.235. The first kappa shape index (κ1) is 14.6. The molecule has 4 heteroatoms. The predicted octanol–water partition coefficient (Wildman–Crippen LogP) is 3.54. The Hall–Kier alpha value is -2.85. The Morgan fingerprint density at radius 3 is 2.38 bits per heavy atom. The Balaban J connectivity index is 2.62. The quantitative estimate of drug-likeness (QED) is 0.788. The molecular formula is C17H16N4. The zero-order valence-corrected chi connectivity index (χ0v) is 12.6. The molecule has 21 heavy (non-hydrogen) atoms. The third-order valence-corrected chi connectivity index (χ3v) is 3.46. The molecule has 0 bridgehead atoms. The summed E-state index contributed by atoms with van der Waals surface area (Å²) in [5.74, 6) is 0. The third kappa shape index (κ3) is 2.70. The largest absolute Gasteiger partial charge is 0.237 e. The van der Waals surface area contributed by atoms with Gasteiger partial charge in [0, 0.05) is 11.3 Å². The second-order valence-corrected chi connectivity index (χ2v) is 5.07. The highest BCUT2D eigenvalue weighted by atomic mass is 15.3. The Morgan fingerprint density at radius 2 is 1.81 bits per heavy atom. The number of benzene rings is 1. The highest BCUT2D eigenvalue weighted by Crippen LogP contribution is 2.23. The minimum atomic E-state index is 0.0846. The van der Waals surface area contributed by atoms with Gasteiger partial charge in [0.1, 0.15) is 17.7 Å². The van der Waals surface area contributed by atoms with E-state index in [1.807, 2.05) is 49.7 Å². The maximum absolute atomic E-state index is 8.90. The van der Waals surface area contributed by atoms with E-state index in [0.29, 0.717) is 0 Å². The van der Waals surface area contributed by atoms with Crippen molar-refractivity contribution in [2.24, 2.45) is 0 Å². The van der Waals surface area contributed by atoms with Crippen LogP contribution in [0, 0.1) is 50.4 Å². The second kappa shape index (κ2) is 5.64. The Bertz CT molecular complexity index is 795. The van der Waals surface area contributed by atoms with E-state index in [1.54, 1.807) is 6.08 Å². The van der Waals surface area contributed by atoms with Crippen molar-refractivity contribution in [2.45, 2.75) is 27.7 Å².